The van der Waals surface area contributed by atoms with E-state index in [0.717, 1.165) is 129 Å². The number of anilines is 4. The molecule has 0 radical (unpaired) electrons. The lowest BCUT2D eigenvalue weighted by Gasteiger charge is -2.23. The van der Waals surface area contributed by atoms with Gasteiger partial charge in [0.15, 0.2) is 33.4 Å². The van der Waals surface area contributed by atoms with E-state index in [1.165, 1.54) is 190 Å². The van der Waals surface area contributed by atoms with Gasteiger partial charge in [0, 0.05) is 77.8 Å². The van der Waals surface area contributed by atoms with E-state index in [-0.39, 0.29) is 0 Å². The number of fused-ring (bicyclic) bond motifs is 5. The van der Waals surface area contributed by atoms with Gasteiger partial charge in [-0.05, 0) is 193 Å². The first-order chi connectivity index (χ1) is 47.2. The number of nitrogens with two attached hydrogens (primary N) is 1. The van der Waals surface area contributed by atoms with E-state index in [4.69, 9.17) is 10.5 Å². The SMILES string of the molecule is CNc1nc2ncc(C)cc2n1CC1CCCCC1.CNc1nc2ncc(C)cc2n1CC1CCCCC1.COC(=O)Nc1nc2ncc(C)cc2n1CC1CCCCC1.CSc1nc2ncc(C)cc2n1CC1CCCCC1.Cc1cnc2nc(N)n(CC3CCCCC3)c2c1. The minimum atomic E-state index is -0.503. The Kier molecular flexibility index (Phi) is 24.7. The van der Waals surface area contributed by atoms with Crippen LogP contribution in [0.2, 0.25) is 0 Å². The predicted molar refractivity (Wildman–Crippen MR) is 396 cm³/mol. The number of hydrogen-bond acceptors (Lipinski definition) is 16. The lowest BCUT2D eigenvalue weighted by Crippen LogP contribution is -2.19. The minimum Gasteiger partial charge on any atom is -0.453 e. The third-order valence-corrected chi connectivity index (χ3v) is 21.2. The molecule has 10 heterocycles. The summed E-state index contributed by atoms with van der Waals surface area (Å²) in [5.41, 5.74) is 21.5. The molecule has 0 spiro atoms. The van der Waals surface area contributed by atoms with Gasteiger partial charge in [-0.25, -0.2) is 34.7 Å². The van der Waals surface area contributed by atoms with Crippen LogP contribution in [0.25, 0.3) is 55.8 Å². The van der Waals surface area contributed by atoms with Crippen LogP contribution >= 0.6 is 11.8 Å². The third kappa shape index (κ3) is 18.3. The average Bonchev–Trinajstić information content (AvgIpc) is 1.74. The lowest BCUT2D eigenvalue weighted by molar-refractivity contribution is 0.186. The Balaban J connectivity index is 0.000000123. The van der Waals surface area contributed by atoms with Gasteiger partial charge in [-0.3, -0.25) is 5.32 Å². The van der Waals surface area contributed by atoms with E-state index in [1.807, 2.05) is 45.8 Å². The van der Waals surface area contributed by atoms with Gasteiger partial charge in [-0.1, -0.05) is 108 Å². The van der Waals surface area contributed by atoms with Crippen LogP contribution in [0.3, 0.4) is 0 Å². The number of nitrogens with zero attached hydrogens (tertiary/aromatic N) is 15. The molecule has 97 heavy (non-hydrogen) atoms. The molecule has 5 aliphatic rings. The number of imidazole rings is 5. The minimum absolute atomic E-state index is 0.503. The molecular weight excluding hydrogens is 1230 g/mol. The summed E-state index contributed by atoms with van der Waals surface area (Å²) in [5.74, 6) is 6.79. The highest BCUT2D eigenvalue weighted by Gasteiger charge is 2.25. The van der Waals surface area contributed by atoms with Crippen molar-refractivity contribution in [3.63, 3.8) is 0 Å². The number of rotatable bonds is 14. The first kappa shape index (κ1) is 70.4. The molecule has 5 saturated carbocycles. The number of aromatic nitrogens is 15. The van der Waals surface area contributed by atoms with Crippen molar-refractivity contribution in [2.45, 2.75) is 233 Å². The van der Waals surface area contributed by atoms with Gasteiger partial charge in [0.25, 0.3) is 0 Å². The largest absolute Gasteiger partial charge is 0.453 e. The summed E-state index contributed by atoms with van der Waals surface area (Å²) < 4.78 is 15.9. The van der Waals surface area contributed by atoms with E-state index in [9.17, 15) is 4.79 Å². The van der Waals surface area contributed by atoms with E-state index >= 15 is 0 Å². The van der Waals surface area contributed by atoms with Gasteiger partial charge in [0.2, 0.25) is 23.8 Å². The number of amides is 1. The molecule has 0 saturated heterocycles. The van der Waals surface area contributed by atoms with Crippen molar-refractivity contribution in [1.29, 1.82) is 0 Å². The molecule has 15 rings (SSSR count). The number of nitrogen functional groups attached to an aromatic ring is 1. The smallest absolute Gasteiger partial charge is 0.413 e. The molecule has 5 fully saturated rings. The topological polar surface area (TPSA) is 242 Å². The normalized spacial score (nSPS) is 16.8. The van der Waals surface area contributed by atoms with Crippen LogP contribution in [-0.4, -0.2) is 106 Å². The summed E-state index contributed by atoms with van der Waals surface area (Å²) in [4.78, 5) is 56.2. The number of carbonyl (C=O) groups excluding carboxylic acids is 1. The Morgan fingerprint density at radius 3 is 1.00 bits per heavy atom. The first-order valence-electron chi connectivity index (χ1n) is 36.4. The molecule has 1 amide bonds. The maximum Gasteiger partial charge on any atom is 0.413 e. The Labute approximate surface area is 577 Å². The molecule has 0 unspecified atom stereocenters. The summed E-state index contributed by atoms with van der Waals surface area (Å²) in [6, 6.07) is 10.8. The molecule has 5 N–H and O–H groups in total. The zero-order valence-electron chi connectivity index (χ0n) is 59.4. The second kappa shape index (κ2) is 34.1. The van der Waals surface area contributed by atoms with Crippen LogP contribution in [0, 0.1) is 64.2 Å². The Morgan fingerprint density at radius 2 is 0.680 bits per heavy atom. The number of methoxy groups -OCH3 is 1. The van der Waals surface area contributed by atoms with Crippen molar-refractivity contribution >= 4 is 97.5 Å². The maximum absolute atomic E-state index is 11.6. The van der Waals surface area contributed by atoms with Crippen molar-refractivity contribution in [1.82, 2.24) is 72.7 Å². The van der Waals surface area contributed by atoms with Gasteiger partial charge >= 0.3 is 6.09 Å². The lowest BCUT2D eigenvalue weighted by atomic mass is 9.89. The van der Waals surface area contributed by atoms with E-state index in [1.54, 1.807) is 18.0 Å². The molecule has 0 aliphatic heterocycles. The standard InChI is InChI=1S/C16H22N4O2.2C15H22N4.C15H21N3S.C14H20N4/c1-11-8-13-14(17-9-11)18-15(19-16(21)22-2)20(13)10-12-6-4-3-5-7-12;2*1-11-8-13-14(17-9-11)18-15(16-2)19(13)10-12-6-4-3-5-7-12;1-11-8-13-14(16-9-11)17-15(19-2)18(13)10-12-6-4-3-5-7-12;1-10-7-12-13(16-8-10)17-14(15)18(12)9-11-5-3-2-4-6-11/h8-9,12H,3-7,10H2,1-2H3,(H,17,18,19,21);2*8-9,12H,3-7,10H2,1-2H3,(H,16,17,18);8-9,12H,3-7,10H2,1-2H3;7-8,11H,2-6,9H2,1H3,(H2,15,16,17). The molecule has 0 aromatic carbocycles. The van der Waals surface area contributed by atoms with Gasteiger partial charge in [-0.2, -0.15) is 19.9 Å². The van der Waals surface area contributed by atoms with E-state index in [0.29, 0.717) is 23.5 Å². The third-order valence-electron chi connectivity index (χ3n) is 20.6. The Bertz CT molecular complexity index is 3920. The molecule has 10 aromatic heterocycles. The average molecular weight is 1340 g/mol. The van der Waals surface area contributed by atoms with Crippen LogP contribution in [0.4, 0.5) is 28.6 Å². The predicted octanol–water partition coefficient (Wildman–Crippen LogP) is 17.2. The van der Waals surface area contributed by atoms with Crippen LogP contribution in [-0.2, 0) is 37.5 Å². The quantitative estimate of drug-likeness (QED) is 0.0740. The van der Waals surface area contributed by atoms with Crippen LogP contribution in [0.15, 0.2) is 66.5 Å². The van der Waals surface area contributed by atoms with Crippen molar-refractivity contribution < 1.29 is 9.53 Å². The highest BCUT2D eigenvalue weighted by Crippen LogP contribution is 2.34. The highest BCUT2D eigenvalue weighted by molar-refractivity contribution is 7.98. The number of nitrogens with one attached hydrogen (secondary N) is 3. The number of thioether (sulfide) groups is 1. The first-order valence-corrected chi connectivity index (χ1v) is 37.6. The molecule has 21 nitrogen and oxygen atoms in total. The van der Waals surface area contributed by atoms with Crippen molar-refractivity contribution in [3.8, 4) is 0 Å². The number of pyridine rings is 5. The summed E-state index contributed by atoms with van der Waals surface area (Å²) in [7, 11) is 5.22. The fraction of sp³-hybridized carbons (Fsp3) is 0.587. The van der Waals surface area contributed by atoms with Crippen molar-refractivity contribution in [3.05, 3.63) is 89.1 Å². The molecule has 0 bridgehead atoms. The van der Waals surface area contributed by atoms with Gasteiger partial charge in [0.05, 0.1) is 34.7 Å². The second-order valence-corrected chi connectivity index (χ2v) is 29.1. The van der Waals surface area contributed by atoms with Crippen molar-refractivity contribution in [2.75, 3.05) is 49.1 Å². The maximum atomic E-state index is 11.6. The summed E-state index contributed by atoms with van der Waals surface area (Å²) in [6.07, 6.45) is 44.7. The molecule has 5 aliphatic carbocycles. The van der Waals surface area contributed by atoms with Crippen molar-refractivity contribution in [2.24, 2.45) is 29.6 Å². The Hall–Kier alpha value is -7.88. The second-order valence-electron chi connectivity index (χ2n) is 28.3. The summed E-state index contributed by atoms with van der Waals surface area (Å²) in [6.45, 7) is 15.4. The zero-order valence-corrected chi connectivity index (χ0v) is 60.2. The van der Waals surface area contributed by atoms with Gasteiger partial charge < -0.3 is 43.9 Å². The van der Waals surface area contributed by atoms with Crippen LogP contribution < -0.4 is 21.7 Å². The number of carbonyl (C=O) groups is 1. The molecule has 520 valence electrons. The number of ether oxygens (including phenoxy) is 1. The fourth-order valence-corrected chi connectivity index (χ4v) is 15.9. The molecule has 22 heteroatoms. The monoisotopic (exact) mass is 1340 g/mol. The molecule has 0 atom stereocenters. The highest BCUT2D eigenvalue weighted by atomic mass is 32.2. The Morgan fingerprint density at radius 1 is 0.412 bits per heavy atom. The number of hydrogen-bond donors (Lipinski definition) is 4. The van der Waals surface area contributed by atoms with E-state index < -0.39 is 6.09 Å². The summed E-state index contributed by atoms with van der Waals surface area (Å²) >= 11 is 1.73. The van der Waals surface area contributed by atoms with Crippen LogP contribution in [0.1, 0.15) is 188 Å². The van der Waals surface area contributed by atoms with E-state index in [2.05, 4.69) is 153 Å². The molecular formula is C75H107N19O2S. The van der Waals surface area contributed by atoms with Gasteiger partial charge in [-0.15, -0.1) is 0 Å². The summed E-state index contributed by atoms with van der Waals surface area (Å²) in [5, 5.41) is 10.2. The number of aryl methyl sites for hydroxylation is 5. The fourth-order valence-electron chi connectivity index (χ4n) is 15.4. The molecule has 10 aromatic rings. The zero-order chi connectivity index (χ0) is 67.8. The van der Waals surface area contributed by atoms with Crippen LogP contribution in [0.5, 0.6) is 0 Å². The van der Waals surface area contributed by atoms with Gasteiger partial charge in [0.1, 0.15) is 0 Å².